The molecule has 0 heterocycles. The number of benzene rings is 1. The average molecular weight is 242 g/mol. The van der Waals surface area contributed by atoms with Gasteiger partial charge in [-0.1, -0.05) is 19.4 Å². The van der Waals surface area contributed by atoms with Gasteiger partial charge in [-0.25, -0.2) is 8.78 Å². The Bertz CT molecular complexity index is 383. The van der Waals surface area contributed by atoms with Gasteiger partial charge in [0.15, 0.2) is 11.6 Å². The molecule has 1 aromatic rings. The number of anilines is 1. The van der Waals surface area contributed by atoms with Crippen molar-refractivity contribution in [1.29, 1.82) is 0 Å². The Hall–Kier alpha value is -1.65. The summed E-state index contributed by atoms with van der Waals surface area (Å²) in [6, 6.07) is 3.80. The zero-order chi connectivity index (χ0) is 12.7. The molecule has 1 amide bonds. The van der Waals surface area contributed by atoms with E-state index in [1.165, 1.54) is 12.1 Å². The minimum atomic E-state index is -0.964. The molecule has 0 atom stereocenters. The van der Waals surface area contributed by atoms with Crippen LogP contribution in [0.1, 0.15) is 19.8 Å². The fourth-order valence-electron chi connectivity index (χ4n) is 1.28. The van der Waals surface area contributed by atoms with Gasteiger partial charge >= 0.3 is 0 Å². The first-order valence-electron chi connectivity index (χ1n) is 5.59. The molecule has 0 aliphatic rings. The van der Waals surface area contributed by atoms with Crippen molar-refractivity contribution in [3.05, 3.63) is 29.8 Å². The van der Waals surface area contributed by atoms with Crippen molar-refractivity contribution in [3.63, 3.8) is 0 Å². The van der Waals surface area contributed by atoms with E-state index < -0.39 is 11.6 Å². The largest absolute Gasteiger partial charge is 0.374 e. The Kier molecular flexibility index (Phi) is 5.39. The third kappa shape index (κ3) is 4.38. The zero-order valence-corrected chi connectivity index (χ0v) is 9.72. The minimum Gasteiger partial charge on any atom is -0.374 e. The lowest BCUT2D eigenvalue weighted by Gasteiger charge is -2.08. The zero-order valence-electron chi connectivity index (χ0n) is 9.72. The molecule has 0 radical (unpaired) electrons. The van der Waals surface area contributed by atoms with Crippen LogP contribution >= 0.6 is 0 Å². The van der Waals surface area contributed by atoms with Crippen molar-refractivity contribution >= 4 is 11.6 Å². The van der Waals surface area contributed by atoms with Crippen LogP contribution in [-0.2, 0) is 4.79 Å². The summed E-state index contributed by atoms with van der Waals surface area (Å²) in [6.45, 7) is 2.55. The van der Waals surface area contributed by atoms with Crippen molar-refractivity contribution in [1.82, 2.24) is 5.32 Å². The minimum absolute atomic E-state index is 0.00404. The normalized spacial score (nSPS) is 10.1. The van der Waals surface area contributed by atoms with Gasteiger partial charge in [0, 0.05) is 6.54 Å². The maximum absolute atomic E-state index is 13.2. The van der Waals surface area contributed by atoms with Gasteiger partial charge in [-0.2, -0.15) is 0 Å². The predicted molar refractivity (Wildman–Crippen MR) is 62.8 cm³/mol. The number of halogens is 2. The summed E-state index contributed by atoms with van der Waals surface area (Å²) < 4.78 is 26.0. The molecule has 2 N–H and O–H groups in total. The number of carbonyl (C=O) groups is 1. The van der Waals surface area contributed by atoms with Crippen LogP contribution in [0.2, 0.25) is 0 Å². The highest BCUT2D eigenvalue weighted by Gasteiger charge is 2.08. The van der Waals surface area contributed by atoms with Crippen molar-refractivity contribution in [3.8, 4) is 0 Å². The van der Waals surface area contributed by atoms with Gasteiger partial charge in [0.1, 0.15) is 0 Å². The Labute approximate surface area is 99.2 Å². The molecule has 94 valence electrons. The number of rotatable bonds is 6. The van der Waals surface area contributed by atoms with E-state index in [0.29, 0.717) is 6.54 Å². The lowest BCUT2D eigenvalue weighted by molar-refractivity contribution is -0.119. The molecule has 3 nitrogen and oxygen atoms in total. The smallest absolute Gasteiger partial charge is 0.239 e. The summed E-state index contributed by atoms with van der Waals surface area (Å²) in [7, 11) is 0. The van der Waals surface area contributed by atoms with Crippen LogP contribution in [0, 0.1) is 11.6 Å². The molecule has 5 heteroatoms. The Morgan fingerprint density at radius 2 is 2.12 bits per heavy atom. The number of carbonyl (C=O) groups excluding carboxylic acids is 1. The van der Waals surface area contributed by atoms with E-state index >= 15 is 0 Å². The fourth-order valence-corrected chi connectivity index (χ4v) is 1.28. The summed E-state index contributed by atoms with van der Waals surface area (Å²) in [5, 5.41) is 5.22. The molecule has 0 spiro atoms. The second kappa shape index (κ2) is 6.83. The fraction of sp³-hybridized carbons (Fsp3) is 0.417. The molecule has 17 heavy (non-hydrogen) atoms. The molecule has 0 fully saturated rings. The van der Waals surface area contributed by atoms with E-state index in [4.69, 9.17) is 0 Å². The van der Waals surface area contributed by atoms with Crippen LogP contribution in [-0.4, -0.2) is 19.0 Å². The van der Waals surface area contributed by atoms with Crippen LogP contribution in [0.4, 0.5) is 14.5 Å². The second-order valence-electron chi connectivity index (χ2n) is 3.66. The van der Waals surface area contributed by atoms with Gasteiger partial charge in [0.2, 0.25) is 5.91 Å². The van der Waals surface area contributed by atoms with E-state index in [1.54, 1.807) is 0 Å². The van der Waals surface area contributed by atoms with E-state index in [0.717, 1.165) is 18.9 Å². The highest BCUT2D eigenvalue weighted by atomic mass is 19.2. The van der Waals surface area contributed by atoms with Crippen LogP contribution in [0.25, 0.3) is 0 Å². The lowest BCUT2D eigenvalue weighted by Crippen LogP contribution is -2.30. The van der Waals surface area contributed by atoms with Gasteiger partial charge in [0.25, 0.3) is 0 Å². The topological polar surface area (TPSA) is 41.1 Å². The Morgan fingerprint density at radius 3 is 2.82 bits per heavy atom. The highest BCUT2D eigenvalue weighted by Crippen LogP contribution is 2.15. The van der Waals surface area contributed by atoms with E-state index in [9.17, 15) is 13.6 Å². The molecule has 1 rings (SSSR count). The SMILES string of the molecule is CCCCNC(=O)CNc1cccc(F)c1F. The maximum Gasteiger partial charge on any atom is 0.239 e. The third-order valence-electron chi connectivity index (χ3n) is 2.24. The van der Waals surface area contributed by atoms with Crippen molar-refractivity contribution in [2.45, 2.75) is 19.8 Å². The maximum atomic E-state index is 13.2. The van der Waals surface area contributed by atoms with Gasteiger partial charge in [-0.05, 0) is 18.6 Å². The van der Waals surface area contributed by atoms with Gasteiger partial charge < -0.3 is 10.6 Å². The summed E-state index contributed by atoms with van der Waals surface area (Å²) in [6.07, 6.45) is 1.90. The van der Waals surface area contributed by atoms with Crippen LogP contribution < -0.4 is 10.6 Å². The average Bonchev–Trinajstić information content (AvgIpc) is 2.31. The number of unbranched alkanes of at least 4 members (excludes halogenated alkanes) is 1. The molecule has 0 saturated carbocycles. The van der Waals surface area contributed by atoms with Crippen molar-refractivity contribution in [2.24, 2.45) is 0 Å². The van der Waals surface area contributed by atoms with Crippen molar-refractivity contribution < 1.29 is 13.6 Å². The lowest BCUT2D eigenvalue weighted by atomic mass is 10.3. The number of hydrogen-bond acceptors (Lipinski definition) is 2. The quantitative estimate of drug-likeness (QED) is 0.751. The first-order chi connectivity index (χ1) is 8.15. The van der Waals surface area contributed by atoms with E-state index in [-0.39, 0.29) is 18.1 Å². The van der Waals surface area contributed by atoms with Crippen LogP contribution in [0.5, 0.6) is 0 Å². The van der Waals surface area contributed by atoms with Gasteiger partial charge in [-0.15, -0.1) is 0 Å². The summed E-state index contributed by atoms with van der Waals surface area (Å²) in [4.78, 5) is 11.3. The van der Waals surface area contributed by atoms with Gasteiger partial charge in [-0.3, -0.25) is 4.79 Å². The number of hydrogen-bond donors (Lipinski definition) is 2. The molecular weight excluding hydrogens is 226 g/mol. The molecule has 0 saturated heterocycles. The molecular formula is C12H16F2N2O. The standard InChI is InChI=1S/C12H16F2N2O/c1-2-3-7-15-11(17)8-16-10-6-4-5-9(13)12(10)14/h4-6,16H,2-3,7-8H2,1H3,(H,15,17). The van der Waals surface area contributed by atoms with E-state index in [2.05, 4.69) is 10.6 Å². The number of nitrogens with one attached hydrogen (secondary N) is 2. The molecule has 0 aliphatic heterocycles. The second-order valence-corrected chi connectivity index (χ2v) is 3.66. The monoisotopic (exact) mass is 242 g/mol. The van der Waals surface area contributed by atoms with Crippen LogP contribution in [0.15, 0.2) is 18.2 Å². The first-order valence-corrected chi connectivity index (χ1v) is 5.59. The predicted octanol–water partition coefficient (Wildman–Crippen LogP) is 2.29. The highest BCUT2D eigenvalue weighted by molar-refractivity contribution is 5.80. The summed E-state index contributed by atoms with van der Waals surface area (Å²) >= 11 is 0. The molecule has 1 aromatic carbocycles. The molecule has 0 aromatic heterocycles. The van der Waals surface area contributed by atoms with Crippen LogP contribution in [0.3, 0.4) is 0 Å². The number of amides is 1. The Morgan fingerprint density at radius 1 is 1.35 bits per heavy atom. The van der Waals surface area contributed by atoms with Gasteiger partial charge in [0.05, 0.1) is 12.2 Å². The summed E-state index contributed by atoms with van der Waals surface area (Å²) in [5.41, 5.74) is -0.00404. The van der Waals surface area contributed by atoms with Crippen molar-refractivity contribution in [2.75, 3.05) is 18.4 Å². The molecule has 0 unspecified atom stereocenters. The molecule has 0 bridgehead atoms. The molecule has 0 aliphatic carbocycles. The Balaban J connectivity index is 2.39. The summed E-state index contributed by atoms with van der Waals surface area (Å²) in [5.74, 6) is -2.13. The van der Waals surface area contributed by atoms with E-state index in [1.807, 2.05) is 6.92 Å². The first kappa shape index (κ1) is 13.4. The third-order valence-corrected chi connectivity index (χ3v) is 2.24.